The largest absolute Gasteiger partial charge is 0.346 e. The van der Waals surface area contributed by atoms with E-state index in [0.29, 0.717) is 0 Å². The van der Waals surface area contributed by atoms with Crippen molar-refractivity contribution in [1.29, 1.82) is 0 Å². The molecule has 1 aliphatic carbocycles. The average Bonchev–Trinajstić information content (AvgIpc) is 2.40. The van der Waals surface area contributed by atoms with Crippen molar-refractivity contribution in [1.82, 2.24) is 4.90 Å². The summed E-state index contributed by atoms with van der Waals surface area (Å²) in [7, 11) is 1.86. The second kappa shape index (κ2) is 5.35. The third kappa shape index (κ3) is 2.71. The van der Waals surface area contributed by atoms with Crippen LogP contribution in [0.1, 0.15) is 39.0 Å². The summed E-state index contributed by atoms with van der Waals surface area (Å²) in [6.45, 7) is 2.78. The van der Waals surface area contributed by atoms with Crippen molar-refractivity contribution in [3.8, 4) is 0 Å². The molecule has 1 aliphatic rings. The summed E-state index contributed by atoms with van der Waals surface area (Å²) in [5.41, 5.74) is 6.02. The summed E-state index contributed by atoms with van der Waals surface area (Å²) < 4.78 is 0. The molecule has 1 saturated carbocycles. The van der Waals surface area contributed by atoms with Crippen LogP contribution < -0.4 is 5.73 Å². The number of rotatable bonds is 2. The summed E-state index contributed by atoms with van der Waals surface area (Å²) in [4.78, 5) is 13.7. The first-order valence-corrected chi connectivity index (χ1v) is 5.67. The Morgan fingerprint density at radius 3 is 2.64 bits per heavy atom. The van der Waals surface area contributed by atoms with Crippen LogP contribution in [0.5, 0.6) is 0 Å². The number of hydrogen-bond acceptors (Lipinski definition) is 2. The molecule has 3 heteroatoms. The molecule has 0 bridgehead atoms. The van der Waals surface area contributed by atoms with Gasteiger partial charge in [-0.15, -0.1) is 0 Å². The molecular weight excluding hydrogens is 176 g/mol. The molecule has 2 atom stereocenters. The van der Waals surface area contributed by atoms with E-state index in [9.17, 15) is 4.79 Å². The van der Waals surface area contributed by atoms with Gasteiger partial charge in [0.05, 0.1) is 5.92 Å². The van der Waals surface area contributed by atoms with Gasteiger partial charge in [-0.25, -0.2) is 0 Å². The van der Waals surface area contributed by atoms with Gasteiger partial charge >= 0.3 is 0 Å². The van der Waals surface area contributed by atoms with E-state index in [1.807, 2.05) is 14.0 Å². The van der Waals surface area contributed by atoms with E-state index in [4.69, 9.17) is 5.73 Å². The molecule has 14 heavy (non-hydrogen) atoms. The van der Waals surface area contributed by atoms with Gasteiger partial charge in [-0.1, -0.05) is 19.3 Å². The number of carbonyl (C=O) groups excluding carboxylic acids is 1. The van der Waals surface area contributed by atoms with E-state index in [0.717, 1.165) is 25.8 Å². The molecule has 0 spiro atoms. The molecule has 0 aromatic carbocycles. The maximum atomic E-state index is 11.9. The highest BCUT2D eigenvalue weighted by Crippen LogP contribution is 2.23. The van der Waals surface area contributed by atoms with Crippen LogP contribution in [0.2, 0.25) is 0 Å². The standard InChI is InChI=1S/C11H22N2O/c1-3-13(2)11(14)9-7-5-4-6-8-10(9)12/h9-10H,3-8,12H2,1-2H3. The first kappa shape index (κ1) is 11.5. The van der Waals surface area contributed by atoms with Crippen LogP contribution in [-0.2, 0) is 4.79 Å². The van der Waals surface area contributed by atoms with Crippen LogP contribution >= 0.6 is 0 Å². The van der Waals surface area contributed by atoms with Crippen molar-refractivity contribution in [3.05, 3.63) is 0 Å². The molecular formula is C11H22N2O. The number of amides is 1. The van der Waals surface area contributed by atoms with Crippen LogP contribution in [-0.4, -0.2) is 30.4 Å². The van der Waals surface area contributed by atoms with Crippen molar-refractivity contribution in [2.45, 2.75) is 45.1 Å². The van der Waals surface area contributed by atoms with Crippen LogP contribution in [0.4, 0.5) is 0 Å². The zero-order valence-electron chi connectivity index (χ0n) is 9.33. The van der Waals surface area contributed by atoms with E-state index < -0.39 is 0 Å². The molecule has 0 aliphatic heterocycles. The first-order valence-electron chi connectivity index (χ1n) is 5.67. The second-order valence-corrected chi connectivity index (χ2v) is 4.26. The molecule has 0 aromatic heterocycles. The summed E-state index contributed by atoms with van der Waals surface area (Å²) in [5.74, 6) is 0.310. The Balaban J connectivity index is 2.58. The minimum Gasteiger partial charge on any atom is -0.346 e. The highest BCUT2D eigenvalue weighted by atomic mass is 16.2. The quantitative estimate of drug-likeness (QED) is 0.681. The lowest BCUT2D eigenvalue weighted by molar-refractivity contribution is -0.134. The Kier molecular flexibility index (Phi) is 4.39. The Morgan fingerprint density at radius 1 is 1.36 bits per heavy atom. The zero-order valence-corrected chi connectivity index (χ0v) is 9.33. The van der Waals surface area contributed by atoms with Gasteiger partial charge in [-0.05, 0) is 19.8 Å². The predicted molar refractivity (Wildman–Crippen MR) is 57.9 cm³/mol. The number of hydrogen-bond donors (Lipinski definition) is 1. The summed E-state index contributed by atoms with van der Waals surface area (Å²) in [6.07, 6.45) is 5.55. The lowest BCUT2D eigenvalue weighted by atomic mass is 9.94. The van der Waals surface area contributed by atoms with Crippen molar-refractivity contribution in [3.63, 3.8) is 0 Å². The number of nitrogens with two attached hydrogens (primary N) is 1. The lowest BCUT2D eigenvalue weighted by Crippen LogP contribution is -2.42. The van der Waals surface area contributed by atoms with Crippen molar-refractivity contribution >= 4 is 5.91 Å². The smallest absolute Gasteiger partial charge is 0.226 e. The lowest BCUT2D eigenvalue weighted by Gasteiger charge is -2.25. The first-order chi connectivity index (χ1) is 6.66. The molecule has 2 N–H and O–H groups in total. The fourth-order valence-electron chi connectivity index (χ4n) is 2.08. The van der Waals surface area contributed by atoms with Crippen LogP contribution in [0.25, 0.3) is 0 Å². The Bertz CT molecular complexity index is 194. The third-order valence-electron chi connectivity index (χ3n) is 3.24. The molecule has 1 amide bonds. The maximum absolute atomic E-state index is 11.9. The monoisotopic (exact) mass is 198 g/mol. The predicted octanol–water partition coefficient (Wildman–Crippen LogP) is 1.37. The maximum Gasteiger partial charge on any atom is 0.226 e. The second-order valence-electron chi connectivity index (χ2n) is 4.26. The SMILES string of the molecule is CCN(C)C(=O)C1CCCCCC1N. The van der Waals surface area contributed by atoms with Gasteiger partial charge in [-0.3, -0.25) is 4.79 Å². The molecule has 0 aromatic rings. The van der Waals surface area contributed by atoms with E-state index in [-0.39, 0.29) is 17.9 Å². The van der Waals surface area contributed by atoms with E-state index in [2.05, 4.69) is 0 Å². The minimum absolute atomic E-state index is 0.0717. The zero-order chi connectivity index (χ0) is 10.6. The molecule has 0 saturated heterocycles. The topological polar surface area (TPSA) is 46.3 Å². The third-order valence-corrected chi connectivity index (χ3v) is 3.24. The Morgan fingerprint density at radius 2 is 2.00 bits per heavy atom. The van der Waals surface area contributed by atoms with Gasteiger partial charge in [0.1, 0.15) is 0 Å². The summed E-state index contributed by atoms with van der Waals surface area (Å²) >= 11 is 0. The summed E-state index contributed by atoms with van der Waals surface area (Å²) in [6, 6.07) is 0.0824. The van der Waals surface area contributed by atoms with Gasteiger partial charge in [0, 0.05) is 19.6 Å². The van der Waals surface area contributed by atoms with Gasteiger partial charge in [0.2, 0.25) is 5.91 Å². The summed E-state index contributed by atoms with van der Waals surface area (Å²) in [5, 5.41) is 0. The average molecular weight is 198 g/mol. The fraction of sp³-hybridized carbons (Fsp3) is 0.909. The van der Waals surface area contributed by atoms with Crippen LogP contribution in [0.3, 0.4) is 0 Å². The fourth-order valence-corrected chi connectivity index (χ4v) is 2.08. The van der Waals surface area contributed by atoms with Crippen molar-refractivity contribution < 1.29 is 4.79 Å². The highest BCUT2D eigenvalue weighted by Gasteiger charge is 2.28. The van der Waals surface area contributed by atoms with Crippen molar-refractivity contribution in [2.24, 2.45) is 11.7 Å². The Labute approximate surface area is 86.6 Å². The highest BCUT2D eigenvalue weighted by molar-refractivity contribution is 5.79. The van der Waals surface area contributed by atoms with Gasteiger partial charge < -0.3 is 10.6 Å². The molecule has 1 rings (SSSR count). The van der Waals surface area contributed by atoms with E-state index in [1.165, 1.54) is 12.8 Å². The van der Waals surface area contributed by atoms with Gasteiger partial charge in [0.15, 0.2) is 0 Å². The van der Waals surface area contributed by atoms with Crippen LogP contribution in [0.15, 0.2) is 0 Å². The van der Waals surface area contributed by atoms with Gasteiger partial charge in [0.25, 0.3) is 0 Å². The van der Waals surface area contributed by atoms with E-state index >= 15 is 0 Å². The molecule has 0 heterocycles. The molecule has 1 fully saturated rings. The minimum atomic E-state index is 0.0717. The van der Waals surface area contributed by atoms with Crippen molar-refractivity contribution in [2.75, 3.05) is 13.6 Å². The normalized spacial score (nSPS) is 28.2. The van der Waals surface area contributed by atoms with Gasteiger partial charge in [-0.2, -0.15) is 0 Å². The molecule has 3 nitrogen and oxygen atoms in total. The molecule has 0 radical (unpaired) electrons. The van der Waals surface area contributed by atoms with E-state index in [1.54, 1.807) is 4.90 Å². The Hall–Kier alpha value is -0.570. The molecule has 82 valence electrons. The van der Waals surface area contributed by atoms with Crippen LogP contribution in [0, 0.1) is 5.92 Å². The molecule has 2 unspecified atom stereocenters. The number of carbonyl (C=O) groups is 1. The number of nitrogens with zero attached hydrogens (tertiary/aromatic N) is 1.